The monoisotopic (exact) mass is 313 g/mol. The highest BCUT2D eigenvalue weighted by Gasteiger charge is 2.29. The molecule has 0 bridgehead atoms. The van der Waals surface area contributed by atoms with Crippen molar-refractivity contribution in [2.75, 3.05) is 18.8 Å². The van der Waals surface area contributed by atoms with Crippen LogP contribution < -0.4 is 10.6 Å². The Morgan fingerprint density at radius 2 is 1.90 bits per heavy atom. The van der Waals surface area contributed by atoms with Crippen LogP contribution in [0.3, 0.4) is 0 Å². The smallest absolute Gasteiger partial charge is 0.288 e. The normalized spacial score (nSPS) is 18.0. The summed E-state index contributed by atoms with van der Waals surface area (Å²) in [6.07, 6.45) is 3.23. The lowest BCUT2D eigenvalue weighted by Gasteiger charge is -2.13. The van der Waals surface area contributed by atoms with E-state index >= 15 is 0 Å². The van der Waals surface area contributed by atoms with E-state index in [0.29, 0.717) is 18.9 Å². The second kappa shape index (κ2) is 7.44. The molecule has 116 valence electrons. The van der Waals surface area contributed by atoms with Crippen molar-refractivity contribution < 1.29 is 19.2 Å². The molecule has 1 saturated heterocycles. The molecule has 21 heavy (non-hydrogen) atoms. The summed E-state index contributed by atoms with van der Waals surface area (Å²) in [4.78, 5) is 46.8. The zero-order valence-corrected chi connectivity index (χ0v) is 12.5. The highest BCUT2D eigenvalue weighted by atomic mass is 32.2. The number of hydrogen-bond donors (Lipinski definition) is 2. The van der Waals surface area contributed by atoms with E-state index in [2.05, 4.69) is 10.6 Å². The van der Waals surface area contributed by atoms with E-state index in [0.717, 1.165) is 29.5 Å². The molecule has 1 aliphatic carbocycles. The van der Waals surface area contributed by atoms with Crippen LogP contribution in [0.2, 0.25) is 0 Å². The molecule has 8 heteroatoms. The van der Waals surface area contributed by atoms with Gasteiger partial charge >= 0.3 is 0 Å². The van der Waals surface area contributed by atoms with Crippen molar-refractivity contribution in [2.45, 2.75) is 38.1 Å². The average Bonchev–Trinajstić information content (AvgIpc) is 3.18. The zero-order chi connectivity index (χ0) is 15.2. The molecule has 1 saturated carbocycles. The Morgan fingerprint density at radius 1 is 1.19 bits per heavy atom. The van der Waals surface area contributed by atoms with Crippen molar-refractivity contribution in [3.05, 3.63) is 0 Å². The predicted octanol–water partition coefficient (Wildman–Crippen LogP) is 0.247. The highest BCUT2D eigenvalue weighted by Crippen LogP contribution is 2.19. The van der Waals surface area contributed by atoms with Crippen LogP contribution in [0.4, 0.5) is 4.79 Å². The van der Waals surface area contributed by atoms with Crippen molar-refractivity contribution in [2.24, 2.45) is 0 Å². The fourth-order valence-corrected chi connectivity index (χ4v) is 2.68. The molecule has 0 aromatic carbocycles. The minimum atomic E-state index is -0.258. The van der Waals surface area contributed by atoms with Gasteiger partial charge in [-0.15, -0.1) is 0 Å². The Morgan fingerprint density at radius 3 is 2.52 bits per heavy atom. The topological polar surface area (TPSA) is 95.6 Å². The third-order valence-corrected chi connectivity index (χ3v) is 4.11. The second-order valence-corrected chi connectivity index (χ2v) is 6.07. The SMILES string of the molecule is O=C(CCCC(=O)NC1CC1)NCCN1C(=O)CSC1=O. The van der Waals surface area contributed by atoms with Crippen LogP contribution in [0.15, 0.2) is 0 Å². The highest BCUT2D eigenvalue weighted by molar-refractivity contribution is 8.14. The Labute approximate surface area is 127 Å². The van der Waals surface area contributed by atoms with E-state index in [9.17, 15) is 19.2 Å². The summed E-state index contributed by atoms with van der Waals surface area (Å²) in [7, 11) is 0. The molecule has 0 aromatic heterocycles. The summed E-state index contributed by atoms with van der Waals surface area (Å²) in [6.45, 7) is 0.462. The summed E-state index contributed by atoms with van der Waals surface area (Å²) < 4.78 is 0. The quantitative estimate of drug-likeness (QED) is 0.669. The number of nitrogens with one attached hydrogen (secondary N) is 2. The van der Waals surface area contributed by atoms with Gasteiger partial charge in [-0.25, -0.2) is 0 Å². The molecule has 2 N–H and O–H groups in total. The molecule has 7 nitrogen and oxygen atoms in total. The number of nitrogens with zero attached hydrogens (tertiary/aromatic N) is 1. The maximum Gasteiger partial charge on any atom is 0.288 e. The fraction of sp³-hybridized carbons (Fsp3) is 0.692. The van der Waals surface area contributed by atoms with Gasteiger partial charge in [0.1, 0.15) is 0 Å². The Bertz CT molecular complexity index is 435. The lowest BCUT2D eigenvalue weighted by atomic mass is 10.2. The van der Waals surface area contributed by atoms with Crippen LogP contribution in [0.25, 0.3) is 0 Å². The van der Waals surface area contributed by atoms with Crippen LogP contribution >= 0.6 is 11.8 Å². The maximum absolute atomic E-state index is 11.6. The average molecular weight is 313 g/mol. The van der Waals surface area contributed by atoms with E-state index in [1.165, 1.54) is 0 Å². The van der Waals surface area contributed by atoms with E-state index in [1.807, 2.05) is 0 Å². The first-order chi connectivity index (χ1) is 10.1. The first-order valence-electron chi connectivity index (χ1n) is 7.09. The molecule has 0 radical (unpaired) electrons. The van der Waals surface area contributed by atoms with Gasteiger partial charge < -0.3 is 10.6 Å². The van der Waals surface area contributed by atoms with Crippen LogP contribution in [-0.4, -0.2) is 52.7 Å². The van der Waals surface area contributed by atoms with Crippen molar-refractivity contribution in [1.82, 2.24) is 15.5 Å². The van der Waals surface area contributed by atoms with Gasteiger partial charge in [0.15, 0.2) is 0 Å². The fourth-order valence-electron chi connectivity index (χ4n) is 1.93. The van der Waals surface area contributed by atoms with E-state index in [-0.39, 0.29) is 48.2 Å². The third kappa shape index (κ3) is 5.37. The summed E-state index contributed by atoms with van der Waals surface area (Å²) in [5, 5.41) is 5.26. The summed E-state index contributed by atoms with van der Waals surface area (Å²) >= 11 is 0.980. The second-order valence-electron chi connectivity index (χ2n) is 5.15. The van der Waals surface area contributed by atoms with Crippen molar-refractivity contribution in [1.29, 1.82) is 0 Å². The number of thioether (sulfide) groups is 1. The van der Waals surface area contributed by atoms with Gasteiger partial charge in [0.2, 0.25) is 17.7 Å². The molecule has 2 aliphatic rings. The van der Waals surface area contributed by atoms with Gasteiger partial charge in [0.25, 0.3) is 5.24 Å². The molecule has 2 rings (SSSR count). The molecular formula is C13H19N3O4S. The first kappa shape index (κ1) is 15.8. The van der Waals surface area contributed by atoms with Crippen molar-refractivity contribution in [3.8, 4) is 0 Å². The van der Waals surface area contributed by atoms with E-state index in [1.54, 1.807) is 0 Å². The predicted molar refractivity (Wildman–Crippen MR) is 77.6 cm³/mol. The van der Waals surface area contributed by atoms with Gasteiger partial charge in [0, 0.05) is 32.0 Å². The van der Waals surface area contributed by atoms with Gasteiger partial charge in [0.05, 0.1) is 5.75 Å². The summed E-state index contributed by atoms with van der Waals surface area (Å²) in [6, 6.07) is 0.347. The Kier molecular flexibility index (Phi) is 5.60. The number of imide groups is 1. The molecule has 1 heterocycles. The summed E-state index contributed by atoms with van der Waals surface area (Å²) in [5.74, 6) is -0.198. The number of hydrogen-bond acceptors (Lipinski definition) is 5. The van der Waals surface area contributed by atoms with Crippen molar-refractivity contribution in [3.63, 3.8) is 0 Å². The molecular weight excluding hydrogens is 294 g/mol. The number of amides is 4. The van der Waals surface area contributed by atoms with Crippen LogP contribution in [0.1, 0.15) is 32.1 Å². The van der Waals surface area contributed by atoms with Crippen molar-refractivity contribution >= 4 is 34.7 Å². The molecule has 1 aliphatic heterocycles. The van der Waals surface area contributed by atoms with Crippen LogP contribution in [-0.2, 0) is 14.4 Å². The zero-order valence-electron chi connectivity index (χ0n) is 11.7. The van der Waals surface area contributed by atoms with Gasteiger partial charge in [-0.1, -0.05) is 11.8 Å². The van der Waals surface area contributed by atoms with E-state index < -0.39 is 0 Å². The standard InChI is InChI=1S/C13H19N3O4S/c17-10(2-1-3-11(18)15-9-4-5-9)14-6-7-16-12(19)8-21-13(16)20/h9H,1-8H2,(H,14,17)(H,15,18). The number of carbonyl (C=O) groups excluding carboxylic acids is 4. The van der Waals surface area contributed by atoms with Crippen LogP contribution in [0, 0.1) is 0 Å². The Balaban J connectivity index is 1.52. The van der Waals surface area contributed by atoms with Crippen LogP contribution in [0.5, 0.6) is 0 Å². The molecule has 4 amide bonds. The number of carbonyl (C=O) groups is 4. The lowest BCUT2D eigenvalue weighted by molar-refractivity contribution is -0.126. The minimum Gasteiger partial charge on any atom is -0.354 e. The third-order valence-electron chi connectivity index (χ3n) is 3.25. The molecule has 2 fully saturated rings. The molecule has 0 unspecified atom stereocenters. The summed E-state index contributed by atoms with van der Waals surface area (Å²) in [5.41, 5.74) is 0. The van der Waals surface area contributed by atoms with E-state index in [4.69, 9.17) is 0 Å². The Hall–Kier alpha value is -1.57. The molecule has 0 spiro atoms. The minimum absolute atomic E-state index is 0.00409. The largest absolute Gasteiger partial charge is 0.354 e. The molecule has 0 aromatic rings. The first-order valence-corrected chi connectivity index (χ1v) is 8.08. The van der Waals surface area contributed by atoms with Gasteiger partial charge in [-0.3, -0.25) is 24.1 Å². The lowest BCUT2D eigenvalue weighted by Crippen LogP contribution is -2.37. The van der Waals surface area contributed by atoms with Gasteiger partial charge in [-0.2, -0.15) is 0 Å². The molecule has 0 atom stereocenters. The number of rotatable bonds is 8. The van der Waals surface area contributed by atoms with Gasteiger partial charge in [-0.05, 0) is 19.3 Å². The maximum atomic E-state index is 11.6.